The van der Waals surface area contributed by atoms with Crippen LogP contribution in [-0.4, -0.2) is 35.4 Å². The first-order valence-corrected chi connectivity index (χ1v) is 15.0. The first kappa shape index (κ1) is 26.7. The van der Waals surface area contributed by atoms with Crippen LogP contribution in [0.25, 0.3) is 0 Å². The highest BCUT2D eigenvalue weighted by Gasteiger charge is 2.70. The highest BCUT2D eigenvalue weighted by Crippen LogP contribution is 2.77. The maximum atomic E-state index is 11.3. The summed E-state index contributed by atoms with van der Waals surface area (Å²) in [5.74, 6) is 2.44. The molecule has 5 saturated carbocycles. The van der Waals surface area contributed by atoms with E-state index in [1.165, 1.54) is 63.4 Å². The molecule has 0 spiro atoms. The van der Waals surface area contributed by atoms with E-state index >= 15 is 0 Å². The molecule has 0 aromatic carbocycles. The lowest BCUT2D eigenvalue weighted by Crippen LogP contribution is -2.67. The molecule has 0 saturated heterocycles. The molecule has 0 unspecified atom stereocenters. The molecule has 0 radical (unpaired) electrons. The zero-order valence-electron chi connectivity index (χ0n) is 24.0. The van der Waals surface area contributed by atoms with Crippen molar-refractivity contribution in [1.82, 2.24) is 5.32 Å². The van der Waals surface area contributed by atoms with Gasteiger partial charge in [-0.05, 0) is 128 Å². The van der Waals surface area contributed by atoms with E-state index in [1.807, 2.05) is 0 Å². The van der Waals surface area contributed by atoms with E-state index in [9.17, 15) is 15.0 Å². The minimum Gasteiger partial charge on any atom is -0.480 e. The van der Waals surface area contributed by atoms with Gasteiger partial charge >= 0.3 is 5.97 Å². The topological polar surface area (TPSA) is 69.6 Å². The van der Waals surface area contributed by atoms with Gasteiger partial charge in [0.15, 0.2) is 0 Å². The van der Waals surface area contributed by atoms with Crippen molar-refractivity contribution in [1.29, 1.82) is 0 Å². The fourth-order valence-corrected chi connectivity index (χ4v) is 12.0. The first-order valence-electron chi connectivity index (χ1n) is 15.0. The number of aliphatic carboxylic acids is 1. The fourth-order valence-electron chi connectivity index (χ4n) is 12.0. The lowest BCUT2D eigenvalue weighted by atomic mass is 9.32. The molecule has 0 aromatic heterocycles. The summed E-state index contributed by atoms with van der Waals surface area (Å²) in [5.41, 5.74) is 2.50. The second kappa shape index (κ2) is 8.57. The smallest absolute Gasteiger partial charge is 0.317 e. The first-order chi connectivity index (χ1) is 16.7. The Hall–Kier alpha value is -0.870. The zero-order valence-corrected chi connectivity index (χ0v) is 24.0. The highest BCUT2D eigenvalue weighted by atomic mass is 16.4. The zero-order chi connectivity index (χ0) is 26.3. The Labute approximate surface area is 220 Å². The number of hydrogen-bond donors (Lipinski definition) is 3. The molecule has 5 aliphatic carbocycles. The van der Waals surface area contributed by atoms with Crippen molar-refractivity contribution in [2.75, 3.05) is 13.1 Å². The predicted molar refractivity (Wildman–Crippen MR) is 145 cm³/mol. The Balaban J connectivity index is 1.50. The Morgan fingerprint density at radius 1 is 0.889 bits per heavy atom. The van der Waals surface area contributed by atoms with Gasteiger partial charge in [-0.3, -0.25) is 4.79 Å². The van der Waals surface area contributed by atoms with Gasteiger partial charge in [0.2, 0.25) is 0 Å². The molecule has 5 fully saturated rings. The maximum Gasteiger partial charge on any atom is 0.317 e. The fraction of sp³-hybridized carbons (Fsp3) is 0.906. The van der Waals surface area contributed by atoms with Crippen molar-refractivity contribution in [2.45, 2.75) is 112 Å². The van der Waals surface area contributed by atoms with Crippen LogP contribution in [0.3, 0.4) is 0 Å². The van der Waals surface area contributed by atoms with E-state index in [0.717, 1.165) is 18.9 Å². The van der Waals surface area contributed by atoms with Crippen molar-refractivity contribution >= 4 is 5.97 Å². The molecule has 10 atom stereocenters. The number of allylic oxidation sites excluding steroid dienone is 1. The molecule has 0 heterocycles. The molecule has 0 aliphatic heterocycles. The molecular formula is C32H53NO3. The van der Waals surface area contributed by atoms with Crippen LogP contribution < -0.4 is 5.32 Å². The van der Waals surface area contributed by atoms with Gasteiger partial charge in [-0.2, -0.15) is 0 Å². The van der Waals surface area contributed by atoms with Crippen LogP contribution in [0.15, 0.2) is 12.2 Å². The molecule has 4 nitrogen and oxygen atoms in total. The molecule has 0 aromatic rings. The Bertz CT molecular complexity index is 913. The third kappa shape index (κ3) is 3.48. The molecular weight excluding hydrogens is 446 g/mol. The van der Waals surface area contributed by atoms with Gasteiger partial charge < -0.3 is 15.5 Å². The normalized spacial score (nSPS) is 51.4. The number of rotatable bonds is 5. The maximum absolute atomic E-state index is 11.3. The minimum absolute atomic E-state index is 0.000111. The molecule has 0 bridgehead atoms. The summed E-state index contributed by atoms with van der Waals surface area (Å²) in [6.45, 7) is 20.2. The van der Waals surface area contributed by atoms with Gasteiger partial charge in [-0.25, -0.2) is 0 Å². The SMILES string of the molecule is C=C(C)[C@@H]1CC[C@]2(CNCC(=O)O)CC[C@]3(C)[C@H](CC[C@@H]4[C@@]5(C)CC[C@H](O)C(C)(C)[C@@H]5CC[C@]43C)[C@@H]12. The van der Waals surface area contributed by atoms with Crippen molar-refractivity contribution < 1.29 is 15.0 Å². The second-order valence-corrected chi connectivity index (χ2v) is 15.4. The van der Waals surface area contributed by atoms with E-state index in [4.69, 9.17) is 0 Å². The van der Waals surface area contributed by atoms with Gasteiger partial charge in [0.05, 0.1) is 12.6 Å². The van der Waals surface area contributed by atoms with Gasteiger partial charge in [0.1, 0.15) is 0 Å². The number of hydrogen-bond acceptors (Lipinski definition) is 3. The average Bonchev–Trinajstić information content (AvgIpc) is 3.17. The predicted octanol–water partition coefficient (Wildman–Crippen LogP) is 6.68. The van der Waals surface area contributed by atoms with E-state index in [2.05, 4.69) is 53.4 Å². The van der Waals surface area contributed by atoms with E-state index < -0.39 is 5.97 Å². The lowest BCUT2D eigenvalue weighted by Gasteiger charge is -2.73. The van der Waals surface area contributed by atoms with Gasteiger partial charge in [-0.1, -0.05) is 46.8 Å². The van der Waals surface area contributed by atoms with Crippen LogP contribution in [0.2, 0.25) is 0 Å². The van der Waals surface area contributed by atoms with Gasteiger partial charge in [0.25, 0.3) is 0 Å². The number of carboxylic acids is 1. The number of fused-ring (bicyclic) bond motifs is 7. The summed E-state index contributed by atoms with van der Waals surface area (Å²) < 4.78 is 0. The Morgan fingerprint density at radius 3 is 2.28 bits per heavy atom. The summed E-state index contributed by atoms with van der Waals surface area (Å²) in [4.78, 5) is 11.3. The van der Waals surface area contributed by atoms with Crippen LogP contribution in [-0.2, 0) is 4.79 Å². The Morgan fingerprint density at radius 2 is 1.61 bits per heavy atom. The molecule has 5 rings (SSSR count). The van der Waals surface area contributed by atoms with E-state index in [1.54, 1.807) is 0 Å². The number of carboxylic acid groups (broad SMARTS) is 1. The summed E-state index contributed by atoms with van der Waals surface area (Å²) in [6, 6.07) is 0. The molecule has 4 heteroatoms. The number of nitrogens with one attached hydrogen (secondary N) is 1. The number of aliphatic hydroxyl groups is 1. The quantitative estimate of drug-likeness (QED) is 0.369. The van der Waals surface area contributed by atoms with E-state index in [0.29, 0.717) is 39.9 Å². The van der Waals surface area contributed by atoms with Crippen molar-refractivity contribution in [3.8, 4) is 0 Å². The summed E-state index contributed by atoms with van der Waals surface area (Å²) >= 11 is 0. The van der Waals surface area contributed by atoms with Crippen molar-refractivity contribution in [3.63, 3.8) is 0 Å². The van der Waals surface area contributed by atoms with Crippen LogP contribution in [0, 0.1) is 56.7 Å². The molecule has 36 heavy (non-hydrogen) atoms. The largest absolute Gasteiger partial charge is 0.480 e. The molecule has 3 N–H and O–H groups in total. The molecule has 5 aliphatic rings. The molecule has 204 valence electrons. The minimum atomic E-state index is -0.753. The van der Waals surface area contributed by atoms with Crippen LogP contribution in [0.5, 0.6) is 0 Å². The monoisotopic (exact) mass is 499 g/mol. The molecule has 0 amide bonds. The van der Waals surface area contributed by atoms with Crippen LogP contribution >= 0.6 is 0 Å². The third-order valence-electron chi connectivity index (χ3n) is 14.0. The third-order valence-corrected chi connectivity index (χ3v) is 14.0. The standard InChI is InChI=1S/C32H53NO3/c1-20(2)21-10-15-32(19-33-18-26(35)36)17-16-30(6)22(27(21)32)8-9-24-29(5)13-12-25(34)28(3,4)23(29)11-14-31(24,30)7/h21-25,27,33-34H,1,8-19H2,2-7H3,(H,35,36)/t21-,22+,23-,24+,25-,27+,29-,30+,31+,32+/m0/s1. The summed E-state index contributed by atoms with van der Waals surface area (Å²) in [7, 11) is 0. The average molecular weight is 500 g/mol. The van der Waals surface area contributed by atoms with Gasteiger partial charge in [0, 0.05) is 6.54 Å². The number of carbonyl (C=O) groups is 1. The Kier molecular flexibility index (Phi) is 6.36. The van der Waals surface area contributed by atoms with Crippen LogP contribution in [0.4, 0.5) is 0 Å². The van der Waals surface area contributed by atoms with E-state index in [-0.39, 0.29) is 23.5 Å². The highest BCUT2D eigenvalue weighted by molar-refractivity contribution is 5.69. The van der Waals surface area contributed by atoms with Gasteiger partial charge in [-0.15, -0.1) is 0 Å². The van der Waals surface area contributed by atoms with Crippen molar-refractivity contribution in [2.24, 2.45) is 56.7 Å². The van der Waals surface area contributed by atoms with Crippen molar-refractivity contribution in [3.05, 3.63) is 12.2 Å². The second-order valence-electron chi connectivity index (χ2n) is 15.4. The lowest BCUT2D eigenvalue weighted by molar-refractivity contribution is -0.247. The van der Waals surface area contributed by atoms with Crippen LogP contribution in [0.1, 0.15) is 106 Å². The summed E-state index contributed by atoms with van der Waals surface area (Å²) in [6.07, 6.45) is 12.0. The summed E-state index contributed by atoms with van der Waals surface area (Å²) in [5, 5.41) is 23.6. The number of aliphatic hydroxyl groups excluding tert-OH is 1.